The van der Waals surface area contributed by atoms with Gasteiger partial charge in [0.2, 0.25) is 0 Å². The average molecular weight is 229 g/mol. The number of rotatable bonds is 1. The lowest BCUT2D eigenvalue weighted by atomic mass is 10.2. The van der Waals surface area contributed by atoms with Crippen molar-refractivity contribution in [3.8, 4) is 5.75 Å². The standard InChI is InChI=1S/C9H11NO4S/c11-15(12,13)10-5-6-14-9-4-2-1-3-8(9)7-10/h1-4H,5-7H2,(H,11,12,13). The van der Waals surface area contributed by atoms with Crippen LogP contribution in [0.2, 0.25) is 0 Å². The molecule has 2 rings (SSSR count). The lowest BCUT2D eigenvalue weighted by Crippen LogP contribution is -2.31. The van der Waals surface area contributed by atoms with Crippen LogP contribution in [0.3, 0.4) is 0 Å². The molecule has 5 nitrogen and oxygen atoms in total. The molecule has 1 aromatic rings. The van der Waals surface area contributed by atoms with Crippen LogP contribution in [0, 0.1) is 0 Å². The molecule has 1 aliphatic rings. The number of nitrogens with zero attached hydrogens (tertiary/aromatic N) is 1. The maximum Gasteiger partial charge on any atom is 0.336 e. The van der Waals surface area contributed by atoms with Crippen molar-refractivity contribution in [3.63, 3.8) is 0 Å². The Morgan fingerprint density at radius 1 is 1.33 bits per heavy atom. The van der Waals surface area contributed by atoms with Crippen molar-refractivity contribution >= 4 is 10.3 Å². The predicted octanol–water partition coefficient (Wildman–Crippen LogP) is 0.684. The number of para-hydroxylation sites is 1. The van der Waals surface area contributed by atoms with E-state index < -0.39 is 10.3 Å². The van der Waals surface area contributed by atoms with Gasteiger partial charge < -0.3 is 4.74 Å². The summed E-state index contributed by atoms with van der Waals surface area (Å²) in [7, 11) is -4.14. The molecule has 0 saturated carbocycles. The van der Waals surface area contributed by atoms with Gasteiger partial charge in [-0.3, -0.25) is 4.55 Å². The van der Waals surface area contributed by atoms with E-state index in [2.05, 4.69) is 0 Å². The van der Waals surface area contributed by atoms with Crippen LogP contribution in [0.15, 0.2) is 24.3 Å². The van der Waals surface area contributed by atoms with Crippen molar-refractivity contribution in [3.05, 3.63) is 29.8 Å². The van der Waals surface area contributed by atoms with Crippen molar-refractivity contribution in [1.82, 2.24) is 4.31 Å². The molecule has 6 heteroatoms. The van der Waals surface area contributed by atoms with Crippen LogP contribution in [0.5, 0.6) is 5.75 Å². The summed E-state index contributed by atoms with van der Waals surface area (Å²) in [5.74, 6) is 0.670. The van der Waals surface area contributed by atoms with Gasteiger partial charge in [-0.15, -0.1) is 0 Å². The van der Waals surface area contributed by atoms with E-state index in [4.69, 9.17) is 9.29 Å². The van der Waals surface area contributed by atoms with E-state index in [9.17, 15) is 8.42 Å². The van der Waals surface area contributed by atoms with Gasteiger partial charge in [0.05, 0.1) is 6.54 Å². The van der Waals surface area contributed by atoms with Gasteiger partial charge in [0, 0.05) is 12.1 Å². The van der Waals surface area contributed by atoms with Crippen LogP contribution < -0.4 is 4.74 Å². The molecule has 0 fully saturated rings. The normalized spacial score (nSPS) is 17.7. The Labute approximate surface area is 88.2 Å². The first kappa shape index (κ1) is 10.4. The molecule has 15 heavy (non-hydrogen) atoms. The van der Waals surface area contributed by atoms with Crippen LogP contribution in [0.1, 0.15) is 5.56 Å². The number of ether oxygens (including phenoxy) is 1. The van der Waals surface area contributed by atoms with Gasteiger partial charge in [0.15, 0.2) is 0 Å². The molecule has 82 valence electrons. The predicted molar refractivity (Wildman–Crippen MR) is 53.9 cm³/mol. The van der Waals surface area contributed by atoms with E-state index in [1.165, 1.54) is 0 Å². The van der Waals surface area contributed by atoms with Gasteiger partial charge in [-0.1, -0.05) is 18.2 Å². The zero-order chi connectivity index (χ0) is 10.9. The second kappa shape index (κ2) is 3.80. The SMILES string of the molecule is O=S(=O)(O)N1CCOc2ccccc2C1. The van der Waals surface area contributed by atoms with E-state index in [1.807, 2.05) is 6.07 Å². The Balaban J connectivity index is 2.33. The maximum absolute atomic E-state index is 11.0. The third-order valence-corrected chi connectivity index (χ3v) is 3.21. The molecule has 0 aromatic heterocycles. The van der Waals surface area contributed by atoms with Crippen molar-refractivity contribution in [2.24, 2.45) is 0 Å². The van der Waals surface area contributed by atoms with Crippen molar-refractivity contribution in [2.45, 2.75) is 6.54 Å². The molecule has 0 atom stereocenters. The summed E-state index contributed by atoms with van der Waals surface area (Å²) in [5.41, 5.74) is 0.757. The molecule has 1 heterocycles. The van der Waals surface area contributed by atoms with E-state index in [0.29, 0.717) is 5.75 Å². The van der Waals surface area contributed by atoms with Crippen molar-refractivity contribution in [2.75, 3.05) is 13.2 Å². The van der Waals surface area contributed by atoms with E-state index >= 15 is 0 Å². The fraction of sp³-hybridized carbons (Fsp3) is 0.333. The highest BCUT2D eigenvalue weighted by Crippen LogP contribution is 2.23. The van der Waals surface area contributed by atoms with Crippen LogP contribution in [-0.4, -0.2) is 30.4 Å². The first-order valence-corrected chi connectivity index (χ1v) is 5.90. The number of hydrogen-bond acceptors (Lipinski definition) is 3. The van der Waals surface area contributed by atoms with Gasteiger partial charge in [0.25, 0.3) is 0 Å². The quantitative estimate of drug-likeness (QED) is 0.719. The van der Waals surface area contributed by atoms with Gasteiger partial charge in [0.1, 0.15) is 12.4 Å². The minimum Gasteiger partial charge on any atom is -0.492 e. The Morgan fingerprint density at radius 2 is 2.07 bits per heavy atom. The Hall–Kier alpha value is -1.11. The first-order chi connectivity index (χ1) is 7.07. The second-order valence-corrected chi connectivity index (χ2v) is 4.68. The Bertz CT molecular complexity index is 457. The topological polar surface area (TPSA) is 66.8 Å². The van der Waals surface area contributed by atoms with Crippen LogP contribution in [-0.2, 0) is 16.8 Å². The smallest absolute Gasteiger partial charge is 0.336 e. The largest absolute Gasteiger partial charge is 0.492 e. The van der Waals surface area contributed by atoms with Gasteiger partial charge in [-0.2, -0.15) is 12.7 Å². The monoisotopic (exact) mass is 229 g/mol. The van der Waals surface area contributed by atoms with Crippen LogP contribution in [0.4, 0.5) is 0 Å². The number of benzene rings is 1. The highest BCUT2D eigenvalue weighted by atomic mass is 32.2. The summed E-state index contributed by atoms with van der Waals surface area (Å²) < 4.78 is 37.2. The highest BCUT2D eigenvalue weighted by molar-refractivity contribution is 7.83. The third-order valence-electron chi connectivity index (χ3n) is 2.24. The van der Waals surface area contributed by atoms with E-state index in [1.54, 1.807) is 18.2 Å². The lowest BCUT2D eigenvalue weighted by Gasteiger charge is -2.14. The fourth-order valence-corrected chi connectivity index (χ4v) is 2.11. The van der Waals surface area contributed by atoms with Gasteiger partial charge in [-0.05, 0) is 6.07 Å². The minimum absolute atomic E-state index is 0.148. The van der Waals surface area contributed by atoms with Gasteiger partial charge >= 0.3 is 10.3 Å². The fourth-order valence-electron chi connectivity index (χ4n) is 1.50. The summed E-state index contributed by atoms with van der Waals surface area (Å²) in [6, 6.07) is 7.18. The molecule has 0 amide bonds. The number of fused-ring (bicyclic) bond motifs is 1. The van der Waals surface area contributed by atoms with Crippen molar-refractivity contribution in [1.29, 1.82) is 0 Å². The zero-order valence-corrected chi connectivity index (χ0v) is 8.77. The summed E-state index contributed by atoms with van der Waals surface area (Å²) in [6.07, 6.45) is 0. The Morgan fingerprint density at radius 3 is 2.80 bits per heavy atom. The summed E-state index contributed by atoms with van der Waals surface area (Å²) in [6.45, 7) is 0.555. The van der Waals surface area contributed by atoms with E-state index in [-0.39, 0.29) is 19.7 Å². The van der Waals surface area contributed by atoms with Crippen molar-refractivity contribution < 1.29 is 17.7 Å². The summed E-state index contributed by atoms with van der Waals surface area (Å²) >= 11 is 0. The molecule has 1 N–H and O–H groups in total. The molecule has 0 bridgehead atoms. The van der Waals surface area contributed by atoms with Crippen LogP contribution >= 0.6 is 0 Å². The minimum atomic E-state index is -4.14. The van der Waals surface area contributed by atoms with Crippen LogP contribution in [0.25, 0.3) is 0 Å². The zero-order valence-electron chi connectivity index (χ0n) is 7.96. The summed E-state index contributed by atoms with van der Waals surface area (Å²) in [5, 5.41) is 0. The van der Waals surface area contributed by atoms with Gasteiger partial charge in [-0.25, -0.2) is 0 Å². The first-order valence-electron chi connectivity index (χ1n) is 4.50. The molecule has 0 aliphatic carbocycles. The molecule has 1 aromatic carbocycles. The average Bonchev–Trinajstić information content (AvgIpc) is 2.38. The molecule has 1 aliphatic heterocycles. The molecule has 0 radical (unpaired) electrons. The molecule has 0 saturated heterocycles. The molecular weight excluding hydrogens is 218 g/mol. The number of hydrogen-bond donors (Lipinski definition) is 1. The highest BCUT2D eigenvalue weighted by Gasteiger charge is 2.23. The maximum atomic E-state index is 11.0. The molecule has 0 unspecified atom stereocenters. The molecular formula is C9H11NO4S. The second-order valence-electron chi connectivity index (χ2n) is 3.27. The van der Waals surface area contributed by atoms with E-state index in [0.717, 1.165) is 9.87 Å². The lowest BCUT2D eigenvalue weighted by molar-refractivity contribution is 0.279. The molecule has 0 spiro atoms. The Kier molecular flexibility index (Phi) is 2.64. The third kappa shape index (κ3) is 2.28. The summed E-state index contributed by atoms with van der Waals surface area (Å²) in [4.78, 5) is 0.